The van der Waals surface area contributed by atoms with E-state index >= 15 is 0 Å². The van der Waals surface area contributed by atoms with Crippen molar-refractivity contribution >= 4 is 44.3 Å². The van der Waals surface area contributed by atoms with Crippen LogP contribution in [0, 0.1) is 0 Å². The molecule has 22 heavy (non-hydrogen) atoms. The second-order valence-electron chi connectivity index (χ2n) is 4.99. The Labute approximate surface area is 134 Å². The first kappa shape index (κ1) is 13.2. The fourth-order valence-electron chi connectivity index (χ4n) is 2.71. The van der Waals surface area contributed by atoms with Crippen LogP contribution >= 0.6 is 15.9 Å². The lowest BCUT2D eigenvalue weighted by Crippen LogP contribution is -2.29. The molecule has 0 radical (unpaired) electrons. The number of rotatable bonds is 1. The Morgan fingerprint density at radius 1 is 0.909 bits per heavy atom. The highest BCUT2D eigenvalue weighted by molar-refractivity contribution is 9.10. The summed E-state index contributed by atoms with van der Waals surface area (Å²) in [5.41, 5.74) is 2.00. The molecule has 1 aromatic heterocycles. The molecule has 3 aromatic rings. The predicted octanol–water partition coefficient (Wildman–Crippen LogP) is 3.80. The highest BCUT2D eigenvalue weighted by Gasteiger charge is 2.37. The van der Waals surface area contributed by atoms with Crippen molar-refractivity contribution in [2.75, 3.05) is 4.90 Å². The van der Waals surface area contributed by atoms with Crippen LogP contribution < -0.4 is 4.90 Å². The molecule has 0 unspecified atom stereocenters. The van der Waals surface area contributed by atoms with E-state index in [1.54, 1.807) is 36.5 Å². The molecular weight excluding hydrogens is 344 g/mol. The standard InChI is InChI=1S/C17H9BrN2O2/c18-11-8-10-4-3-7-14(15(10)19-9-11)20-16(21)12-5-1-2-6-13(12)17(20)22/h1-9H. The Hall–Kier alpha value is -2.53. The van der Waals surface area contributed by atoms with Gasteiger partial charge in [0.15, 0.2) is 0 Å². The van der Waals surface area contributed by atoms with Crippen LogP contribution in [0.3, 0.4) is 0 Å². The van der Waals surface area contributed by atoms with Crippen molar-refractivity contribution in [3.05, 3.63) is 70.3 Å². The summed E-state index contributed by atoms with van der Waals surface area (Å²) < 4.78 is 0.847. The average Bonchev–Trinajstić information content (AvgIpc) is 2.78. The van der Waals surface area contributed by atoms with Crippen LogP contribution in [0.4, 0.5) is 5.69 Å². The first-order valence-corrected chi connectivity index (χ1v) is 7.48. The Bertz CT molecular complexity index is 917. The molecule has 1 aliphatic rings. The SMILES string of the molecule is O=C1c2ccccc2C(=O)N1c1cccc2cc(Br)cnc12. The summed E-state index contributed by atoms with van der Waals surface area (Å²) in [5.74, 6) is -0.615. The topological polar surface area (TPSA) is 50.3 Å². The van der Waals surface area contributed by atoms with E-state index in [0.717, 1.165) is 9.86 Å². The Morgan fingerprint density at radius 3 is 2.27 bits per heavy atom. The molecule has 0 fully saturated rings. The quantitative estimate of drug-likeness (QED) is 0.626. The molecule has 106 valence electrons. The third-order valence-corrected chi connectivity index (χ3v) is 4.12. The number of carbonyl (C=O) groups is 2. The van der Waals surface area contributed by atoms with Crippen molar-refractivity contribution in [3.8, 4) is 0 Å². The molecule has 4 rings (SSSR count). The molecular formula is C17H9BrN2O2. The Morgan fingerprint density at radius 2 is 1.59 bits per heavy atom. The number of pyridine rings is 1. The van der Waals surface area contributed by atoms with Gasteiger partial charge in [-0.2, -0.15) is 0 Å². The van der Waals surface area contributed by atoms with E-state index < -0.39 is 0 Å². The molecule has 2 aromatic carbocycles. The zero-order valence-electron chi connectivity index (χ0n) is 11.3. The normalized spacial score (nSPS) is 13.8. The van der Waals surface area contributed by atoms with E-state index in [2.05, 4.69) is 20.9 Å². The second-order valence-corrected chi connectivity index (χ2v) is 5.91. The molecule has 0 N–H and O–H groups in total. The minimum Gasteiger partial charge on any atom is -0.268 e. The van der Waals surface area contributed by atoms with Gasteiger partial charge in [0.25, 0.3) is 11.8 Å². The van der Waals surface area contributed by atoms with Gasteiger partial charge in [0.2, 0.25) is 0 Å². The largest absolute Gasteiger partial charge is 0.268 e. The van der Waals surface area contributed by atoms with Crippen LogP contribution in [0.2, 0.25) is 0 Å². The zero-order valence-corrected chi connectivity index (χ0v) is 12.9. The number of fused-ring (bicyclic) bond motifs is 2. The number of imide groups is 1. The van der Waals surface area contributed by atoms with Crippen molar-refractivity contribution in [1.82, 2.24) is 4.98 Å². The number of carbonyl (C=O) groups excluding carboxylic acids is 2. The fraction of sp³-hybridized carbons (Fsp3) is 0. The number of para-hydroxylation sites is 1. The number of aromatic nitrogens is 1. The number of hydrogen-bond donors (Lipinski definition) is 0. The molecule has 0 spiro atoms. The fourth-order valence-corrected chi connectivity index (χ4v) is 3.06. The number of nitrogens with zero attached hydrogens (tertiary/aromatic N) is 2. The van der Waals surface area contributed by atoms with Crippen molar-refractivity contribution in [3.63, 3.8) is 0 Å². The van der Waals surface area contributed by atoms with Crippen LogP contribution in [0.5, 0.6) is 0 Å². The van der Waals surface area contributed by atoms with Gasteiger partial charge in [-0.3, -0.25) is 14.6 Å². The maximum Gasteiger partial charge on any atom is 0.266 e. The molecule has 0 atom stereocenters. The van der Waals surface area contributed by atoms with Crippen molar-refractivity contribution in [2.24, 2.45) is 0 Å². The molecule has 2 amide bonds. The lowest BCUT2D eigenvalue weighted by molar-refractivity contribution is 0.0926. The Balaban J connectivity index is 1.94. The minimum absolute atomic E-state index is 0.308. The summed E-state index contributed by atoms with van der Waals surface area (Å²) in [6, 6.07) is 14.2. The highest BCUT2D eigenvalue weighted by atomic mass is 79.9. The number of hydrogen-bond acceptors (Lipinski definition) is 3. The lowest BCUT2D eigenvalue weighted by Gasteiger charge is -2.15. The third kappa shape index (κ3) is 1.79. The molecule has 5 heteroatoms. The lowest BCUT2D eigenvalue weighted by atomic mass is 10.1. The molecule has 0 bridgehead atoms. The van der Waals surface area contributed by atoms with Crippen LogP contribution in [0.25, 0.3) is 10.9 Å². The first-order chi connectivity index (χ1) is 10.7. The van der Waals surface area contributed by atoms with Crippen molar-refractivity contribution < 1.29 is 9.59 Å². The highest BCUT2D eigenvalue weighted by Crippen LogP contribution is 2.33. The van der Waals surface area contributed by atoms with Gasteiger partial charge in [0.05, 0.1) is 22.3 Å². The molecule has 4 nitrogen and oxygen atoms in total. The average molecular weight is 353 g/mol. The first-order valence-electron chi connectivity index (χ1n) is 6.69. The smallest absolute Gasteiger partial charge is 0.266 e. The number of benzene rings is 2. The summed E-state index contributed by atoms with van der Waals surface area (Å²) in [5, 5.41) is 0.864. The van der Waals surface area contributed by atoms with Gasteiger partial charge < -0.3 is 0 Å². The van der Waals surface area contributed by atoms with Gasteiger partial charge in [-0.1, -0.05) is 24.3 Å². The van der Waals surface area contributed by atoms with Crippen molar-refractivity contribution in [2.45, 2.75) is 0 Å². The van der Waals surface area contributed by atoms with Crippen LogP contribution in [-0.2, 0) is 0 Å². The van der Waals surface area contributed by atoms with Crippen LogP contribution in [0.1, 0.15) is 20.7 Å². The number of halogens is 1. The summed E-state index contributed by atoms with van der Waals surface area (Å²) in [7, 11) is 0. The number of amides is 2. The van der Waals surface area contributed by atoms with E-state index in [1.807, 2.05) is 18.2 Å². The van der Waals surface area contributed by atoms with Crippen molar-refractivity contribution in [1.29, 1.82) is 0 Å². The van der Waals surface area contributed by atoms with Crippen LogP contribution in [-0.4, -0.2) is 16.8 Å². The zero-order chi connectivity index (χ0) is 15.3. The maximum atomic E-state index is 12.6. The van der Waals surface area contributed by atoms with E-state index in [0.29, 0.717) is 22.3 Å². The summed E-state index contributed by atoms with van der Waals surface area (Å²) in [6.45, 7) is 0. The molecule has 0 saturated heterocycles. The molecule has 2 heterocycles. The van der Waals surface area contributed by atoms with Gasteiger partial charge in [0.1, 0.15) is 0 Å². The minimum atomic E-state index is -0.308. The monoisotopic (exact) mass is 352 g/mol. The van der Waals surface area contributed by atoms with Gasteiger partial charge in [-0.05, 0) is 40.2 Å². The van der Waals surface area contributed by atoms with E-state index in [9.17, 15) is 9.59 Å². The molecule has 0 aliphatic carbocycles. The Kier molecular flexibility index (Phi) is 2.84. The van der Waals surface area contributed by atoms with Gasteiger partial charge in [0, 0.05) is 16.1 Å². The van der Waals surface area contributed by atoms with E-state index in [4.69, 9.17) is 0 Å². The van der Waals surface area contributed by atoms with Gasteiger partial charge >= 0.3 is 0 Å². The summed E-state index contributed by atoms with van der Waals surface area (Å²) >= 11 is 3.38. The predicted molar refractivity (Wildman–Crippen MR) is 87.0 cm³/mol. The molecule has 1 aliphatic heterocycles. The summed E-state index contributed by atoms with van der Waals surface area (Å²) in [6.07, 6.45) is 1.66. The van der Waals surface area contributed by atoms with E-state index in [-0.39, 0.29) is 11.8 Å². The number of anilines is 1. The molecule has 0 saturated carbocycles. The van der Waals surface area contributed by atoms with E-state index in [1.165, 1.54) is 4.90 Å². The van der Waals surface area contributed by atoms with Gasteiger partial charge in [-0.15, -0.1) is 0 Å². The summed E-state index contributed by atoms with van der Waals surface area (Å²) in [4.78, 5) is 30.7. The second kappa shape index (κ2) is 4.74. The van der Waals surface area contributed by atoms with Crippen LogP contribution in [0.15, 0.2) is 59.2 Å². The third-order valence-electron chi connectivity index (χ3n) is 3.69. The maximum absolute atomic E-state index is 12.6. The van der Waals surface area contributed by atoms with Gasteiger partial charge in [-0.25, -0.2) is 4.90 Å².